The van der Waals surface area contributed by atoms with Gasteiger partial charge in [0, 0.05) is 11.6 Å². The topological polar surface area (TPSA) is 59.6 Å². The number of nitrogens with one attached hydrogen (secondary N) is 1. The molecule has 1 saturated carbocycles. The summed E-state index contributed by atoms with van der Waals surface area (Å²) in [5, 5.41) is 3.16. The van der Waals surface area contributed by atoms with Crippen molar-refractivity contribution >= 4 is 11.6 Å². The maximum atomic E-state index is 6.03. The zero-order valence-electron chi connectivity index (χ0n) is 13.6. The number of nitrogens with two attached hydrogens (primary N) is 1. The molecule has 0 amide bonds. The molecule has 3 rings (SSSR count). The Kier molecular flexibility index (Phi) is 4.51. The van der Waals surface area contributed by atoms with E-state index in [0.29, 0.717) is 11.9 Å². The van der Waals surface area contributed by atoms with Crippen molar-refractivity contribution in [2.24, 2.45) is 10.7 Å². The lowest BCUT2D eigenvalue weighted by Crippen LogP contribution is -2.23. The lowest BCUT2D eigenvalue weighted by Gasteiger charge is -2.06. The van der Waals surface area contributed by atoms with Crippen LogP contribution < -0.4 is 15.8 Å². The van der Waals surface area contributed by atoms with Crippen LogP contribution in [0.3, 0.4) is 0 Å². The number of guanidine groups is 1. The van der Waals surface area contributed by atoms with E-state index in [2.05, 4.69) is 41.5 Å². The Balaban J connectivity index is 1.61. The molecule has 0 bridgehead atoms. The number of rotatable bonds is 5. The normalized spacial score (nSPS) is 20.2. The fraction of sp³-hybridized carbons (Fsp3) is 0.316. The zero-order valence-corrected chi connectivity index (χ0v) is 13.6. The van der Waals surface area contributed by atoms with Gasteiger partial charge in [-0.05, 0) is 48.2 Å². The van der Waals surface area contributed by atoms with Gasteiger partial charge in [-0.15, -0.1) is 0 Å². The lowest BCUT2D eigenvalue weighted by atomic mass is 10.1. The highest BCUT2D eigenvalue weighted by molar-refractivity contribution is 5.92. The first kappa shape index (κ1) is 15.4. The molecule has 120 valence electrons. The number of ether oxygens (including phenoxy) is 1. The number of hydrogen-bond donors (Lipinski definition) is 2. The van der Waals surface area contributed by atoms with Gasteiger partial charge in [0.2, 0.25) is 0 Å². The molecular formula is C19H23N3O. The average molecular weight is 309 g/mol. The molecule has 1 fully saturated rings. The summed E-state index contributed by atoms with van der Waals surface area (Å²) in [4.78, 5) is 4.58. The SMILES string of the molecule is CCc1ccc(NC(N)=N[C@@H]2C[C@H]2c2cccc(OC)c2)cc1. The summed E-state index contributed by atoms with van der Waals surface area (Å²) in [6, 6.07) is 16.7. The van der Waals surface area contributed by atoms with Crippen LogP contribution in [0.4, 0.5) is 5.69 Å². The van der Waals surface area contributed by atoms with E-state index in [1.807, 2.05) is 24.3 Å². The summed E-state index contributed by atoms with van der Waals surface area (Å²) in [6.45, 7) is 2.14. The van der Waals surface area contributed by atoms with Gasteiger partial charge in [-0.2, -0.15) is 0 Å². The van der Waals surface area contributed by atoms with Crippen molar-refractivity contribution < 1.29 is 4.74 Å². The highest BCUT2D eigenvalue weighted by Gasteiger charge is 2.38. The number of aliphatic imine (C=N–C) groups is 1. The maximum absolute atomic E-state index is 6.03. The average Bonchev–Trinajstić information content (AvgIpc) is 3.34. The van der Waals surface area contributed by atoms with Crippen molar-refractivity contribution in [3.05, 3.63) is 59.7 Å². The molecule has 1 aliphatic carbocycles. The van der Waals surface area contributed by atoms with E-state index in [-0.39, 0.29) is 6.04 Å². The predicted octanol–water partition coefficient (Wildman–Crippen LogP) is 3.54. The maximum Gasteiger partial charge on any atom is 0.193 e. The van der Waals surface area contributed by atoms with Gasteiger partial charge in [0.15, 0.2) is 5.96 Å². The van der Waals surface area contributed by atoms with E-state index in [9.17, 15) is 0 Å². The fourth-order valence-electron chi connectivity index (χ4n) is 2.74. The molecule has 2 atom stereocenters. The van der Waals surface area contributed by atoms with Crippen LogP contribution in [-0.2, 0) is 6.42 Å². The molecule has 0 spiro atoms. The van der Waals surface area contributed by atoms with Crippen molar-refractivity contribution in [2.75, 3.05) is 12.4 Å². The standard InChI is InChI=1S/C19H23N3O/c1-3-13-7-9-15(10-8-13)21-19(20)22-18-12-17(18)14-5-4-6-16(11-14)23-2/h4-11,17-18H,3,12H2,1-2H3,(H3,20,21,22)/t17-,18+/m0/s1. The first-order valence-electron chi connectivity index (χ1n) is 8.02. The van der Waals surface area contributed by atoms with Crippen LogP contribution in [-0.4, -0.2) is 19.1 Å². The van der Waals surface area contributed by atoms with Crippen LogP contribution in [0.15, 0.2) is 53.5 Å². The molecule has 3 N–H and O–H groups in total. The molecule has 23 heavy (non-hydrogen) atoms. The first-order chi connectivity index (χ1) is 11.2. The Labute approximate surface area is 137 Å². The summed E-state index contributed by atoms with van der Waals surface area (Å²) < 4.78 is 5.27. The van der Waals surface area contributed by atoms with Crippen LogP contribution in [0.25, 0.3) is 0 Å². The third-order valence-electron chi connectivity index (χ3n) is 4.22. The van der Waals surface area contributed by atoms with Crippen molar-refractivity contribution in [3.8, 4) is 5.75 Å². The van der Waals surface area contributed by atoms with Gasteiger partial charge in [-0.3, -0.25) is 0 Å². The van der Waals surface area contributed by atoms with E-state index < -0.39 is 0 Å². The lowest BCUT2D eigenvalue weighted by molar-refractivity contribution is 0.414. The summed E-state index contributed by atoms with van der Waals surface area (Å²) in [5.74, 6) is 1.80. The second-order valence-corrected chi connectivity index (χ2v) is 5.88. The van der Waals surface area contributed by atoms with Gasteiger partial charge in [0.1, 0.15) is 5.75 Å². The smallest absolute Gasteiger partial charge is 0.193 e. The van der Waals surface area contributed by atoms with E-state index >= 15 is 0 Å². The van der Waals surface area contributed by atoms with Gasteiger partial charge >= 0.3 is 0 Å². The summed E-state index contributed by atoms with van der Waals surface area (Å²) >= 11 is 0. The van der Waals surface area contributed by atoms with Crippen molar-refractivity contribution in [1.29, 1.82) is 0 Å². The highest BCUT2D eigenvalue weighted by Crippen LogP contribution is 2.44. The second-order valence-electron chi connectivity index (χ2n) is 5.88. The number of hydrogen-bond acceptors (Lipinski definition) is 2. The molecule has 0 heterocycles. The quantitative estimate of drug-likeness (QED) is 0.656. The number of anilines is 1. The minimum atomic E-state index is 0.254. The number of benzene rings is 2. The van der Waals surface area contributed by atoms with Crippen LogP contribution >= 0.6 is 0 Å². The van der Waals surface area contributed by atoms with E-state index in [1.165, 1.54) is 11.1 Å². The molecule has 4 nitrogen and oxygen atoms in total. The fourth-order valence-corrected chi connectivity index (χ4v) is 2.74. The number of aryl methyl sites for hydroxylation is 1. The predicted molar refractivity (Wildman–Crippen MR) is 95.2 cm³/mol. The summed E-state index contributed by atoms with van der Waals surface area (Å²) in [5.41, 5.74) is 9.58. The summed E-state index contributed by atoms with van der Waals surface area (Å²) in [7, 11) is 1.69. The Morgan fingerprint density at radius 2 is 2.04 bits per heavy atom. The van der Waals surface area contributed by atoms with Gasteiger partial charge in [0.25, 0.3) is 0 Å². The van der Waals surface area contributed by atoms with Crippen LogP contribution in [0.1, 0.15) is 30.4 Å². The van der Waals surface area contributed by atoms with Crippen molar-refractivity contribution in [3.63, 3.8) is 0 Å². The molecular weight excluding hydrogens is 286 g/mol. The van der Waals surface area contributed by atoms with Gasteiger partial charge in [-0.1, -0.05) is 31.2 Å². The Hall–Kier alpha value is -2.49. The molecule has 2 aromatic rings. The van der Waals surface area contributed by atoms with Crippen LogP contribution in [0.2, 0.25) is 0 Å². The molecule has 4 heteroatoms. The third-order valence-corrected chi connectivity index (χ3v) is 4.22. The van der Waals surface area contributed by atoms with Gasteiger partial charge in [-0.25, -0.2) is 4.99 Å². The minimum absolute atomic E-state index is 0.254. The van der Waals surface area contributed by atoms with E-state index in [0.717, 1.165) is 24.3 Å². The molecule has 0 aromatic heterocycles. The molecule has 0 unspecified atom stereocenters. The monoisotopic (exact) mass is 309 g/mol. The third kappa shape index (κ3) is 3.83. The van der Waals surface area contributed by atoms with Crippen LogP contribution in [0.5, 0.6) is 5.75 Å². The Morgan fingerprint density at radius 3 is 2.74 bits per heavy atom. The Morgan fingerprint density at radius 1 is 1.26 bits per heavy atom. The molecule has 2 aromatic carbocycles. The Bertz CT molecular complexity index is 694. The van der Waals surface area contributed by atoms with Crippen molar-refractivity contribution in [2.45, 2.75) is 31.7 Å². The molecule has 0 radical (unpaired) electrons. The molecule has 1 aliphatic rings. The number of nitrogens with zero attached hydrogens (tertiary/aromatic N) is 1. The van der Waals surface area contributed by atoms with Gasteiger partial charge < -0.3 is 15.8 Å². The van der Waals surface area contributed by atoms with Crippen molar-refractivity contribution in [1.82, 2.24) is 0 Å². The van der Waals surface area contributed by atoms with Gasteiger partial charge in [0.05, 0.1) is 13.2 Å². The minimum Gasteiger partial charge on any atom is -0.497 e. The molecule has 0 aliphatic heterocycles. The highest BCUT2D eigenvalue weighted by atomic mass is 16.5. The number of methoxy groups -OCH3 is 1. The zero-order chi connectivity index (χ0) is 16.2. The second kappa shape index (κ2) is 6.73. The van der Waals surface area contributed by atoms with E-state index in [1.54, 1.807) is 7.11 Å². The first-order valence-corrected chi connectivity index (χ1v) is 8.02. The van der Waals surface area contributed by atoms with E-state index in [4.69, 9.17) is 10.5 Å². The molecule has 0 saturated heterocycles. The largest absolute Gasteiger partial charge is 0.497 e. The van der Waals surface area contributed by atoms with Crippen LogP contribution in [0, 0.1) is 0 Å². The summed E-state index contributed by atoms with van der Waals surface area (Å²) in [6.07, 6.45) is 2.07.